The lowest BCUT2D eigenvalue weighted by Gasteiger charge is -2.31. The van der Waals surface area contributed by atoms with Crippen LogP contribution in [0.15, 0.2) is 113 Å². The molecule has 1 N–H and O–H groups in total. The number of imide groups is 1. The number of hydrogen-bond acceptors (Lipinski definition) is 8. The van der Waals surface area contributed by atoms with Gasteiger partial charge in [-0.15, -0.1) is 0 Å². The lowest BCUT2D eigenvalue weighted by atomic mass is 9.69. The molecule has 3 aromatic carbocycles. The van der Waals surface area contributed by atoms with E-state index in [1.165, 1.54) is 18.2 Å². The zero-order chi connectivity index (χ0) is 33.2. The summed E-state index contributed by atoms with van der Waals surface area (Å²) in [4.78, 5) is 40.0. The summed E-state index contributed by atoms with van der Waals surface area (Å²) in [5, 5.41) is 21.0. The zero-order valence-electron chi connectivity index (χ0n) is 26.1. The zero-order valence-corrected chi connectivity index (χ0v) is 26.1. The van der Waals surface area contributed by atoms with E-state index in [2.05, 4.69) is 0 Å². The summed E-state index contributed by atoms with van der Waals surface area (Å²) >= 11 is 0. The smallest absolute Gasteiger partial charge is 0.271 e. The molecule has 10 heteroatoms. The van der Waals surface area contributed by atoms with Crippen LogP contribution in [0.3, 0.4) is 0 Å². The van der Waals surface area contributed by atoms with Crippen LogP contribution < -0.4 is 9.64 Å². The van der Waals surface area contributed by atoms with Gasteiger partial charge < -0.3 is 19.0 Å². The number of nitro benzene ring substituents is 1. The number of anilines is 1. The van der Waals surface area contributed by atoms with Crippen molar-refractivity contribution in [3.05, 3.63) is 135 Å². The SMILES string of the molecule is O=C1[C@@H]2[C@@H](CC(COc3ccccc3)=C3[C@@H](CC/C(=C/c4ccc(CO)o4)c4ccccc4)OC[C@@H]32)C(=O)N1c1cccc([N+](=O)[O-])c1. The number of allylic oxidation sites excluding steroid dienone is 1. The number of non-ortho nitro benzene ring substituents is 1. The number of fused-ring (bicyclic) bond motifs is 3. The lowest BCUT2D eigenvalue weighted by molar-refractivity contribution is -0.384. The Bertz CT molecular complexity index is 1900. The summed E-state index contributed by atoms with van der Waals surface area (Å²) in [5.74, 6) is -0.496. The number of hydrogen-bond donors (Lipinski definition) is 1. The molecular weight excluding hydrogens is 612 g/mol. The van der Waals surface area contributed by atoms with Crippen LogP contribution in [-0.4, -0.2) is 41.2 Å². The molecule has 2 amide bonds. The van der Waals surface area contributed by atoms with Gasteiger partial charge in [0.25, 0.3) is 5.69 Å². The predicted octanol–water partition coefficient (Wildman–Crippen LogP) is 6.60. The second kappa shape index (κ2) is 13.4. The number of amides is 2. The first-order chi connectivity index (χ1) is 23.4. The molecule has 4 atom stereocenters. The van der Waals surface area contributed by atoms with E-state index in [0.29, 0.717) is 36.5 Å². The Morgan fingerprint density at radius 2 is 1.73 bits per heavy atom. The number of carbonyl (C=O) groups excluding carboxylic acids is 2. The first-order valence-electron chi connectivity index (χ1n) is 16.0. The van der Waals surface area contributed by atoms with Crippen molar-refractivity contribution in [3.8, 4) is 5.75 Å². The Morgan fingerprint density at radius 1 is 0.958 bits per heavy atom. The quantitative estimate of drug-likeness (QED) is 0.0834. The van der Waals surface area contributed by atoms with Crippen molar-refractivity contribution in [3.63, 3.8) is 0 Å². The minimum Gasteiger partial charge on any atom is -0.489 e. The van der Waals surface area contributed by atoms with Gasteiger partial charge in [-0.25, -0.2) is 4.90 Å². The third kappa shape index (κ3) is 6.08. The highest BCUT2D eigenvalue weighted by molar-refractivity contribution is 6.22. The molecule has 244 valence electrons. The van der Waals surface area contributed by atoms with Crippen molar-refractivity contribution in [2.45, 2.75) is 32.0 Å². The first-order valence-corrected chi connectivity index (χ1v) is 16.0. The fourth-order valence-corrected chi connectivity index (χ4v) is 7.26. The number of rotatable bonds is 11. The first kappa shape index (κ1) is 31.3. The molecule has 7 rings (SSSR count). The van der Waals surface area contributed by atoms with Gasteiger partial charge in [-0.05, 0) is 78.0 Å². The summed E-state index contributed by atoms with van der Waals surface area (Å²) in [6, 6.07) is 28.7. The number of furan rings is 1. The molecule has 48 heavy (non-hydrogen) atoms. The van der Waals surface area contributed by atoms with Crippen molar-refractivity contribution in [2.75, 3.05) is 18.1 Å². The van der Waals surface area contributed by atoms with E-state index in [4.69, 9.17) is 13.9 Å². The molecule has 1 aliphatic carbocycles. The van der Waals surface area contributed by atoms with Crippen molar-refractivity contribution in [1.29, 1.82) is 0 Å². The van der Waals surface area contributed by atoms with Crippen LogP contribution in [0.4, 0.5) is 11.4 Å². The van der Waals surface area contributed by atoms with Crippen LogP contribution in [0.2, 0.25) is 0 Å². The van der Waals surface area contributed by atoms with E-state index in [0.717, 1.165) is 27.2 Å². The maximum Gasteiger partial charge on any atom is 0.271 e. The van der Waals surface area contributed by atoms with E-state index in [1.807, 2.05) is 72.8 Å². The molecule has 0 saturated carbocycles. The van der Waals surface area contributed by atoms with Gasteiger partial charge in [-0.3, -0.25) is 19.7 Å². The Hall–Kier alpha value is -5.32. The third-order valence-corrected chi connectivity index (χ3v) is 9.44. The molecule has 10 nitrogen and oxygen atoms in total. The van der Waals surface area contributed by atoms with Gasteiger partial charge in [-0.2, -0.15) is 0 Å². The van der Waals surface area contributed by atoms with E-state index in [-0.39, 0.29) is 55.0 Å². The third-order valence-electron chi connectivity index (χ3n) is 9.44. The number of ether oxygens (including phenoxy) is 2. The monoisotopic (exact) mass is 646 g/mol. The molecule has 3 aliphatic rings. The topological polar surface area (TPSA) is 132 Å². The standard InChI is InChI=1S/C38H34N2O8/c41-21-31-16-15-30(48-31)18-25(24-8-3-1-4-9-24)14-17-34-35-26(22-46-29-12-5-2-6-13-29)19-32-36(33(35)23-47-34)38(43)39(37(32)42)27-10-7-11-28(20-27)40(44)45/h1-13,15-16,18,20,32-34,36,41H,14,17,19,21-23H2/b25-18-/t32-,33+,34-,36-/m1/s1. The summed E-state index contributed by atoms with van der Waals surface area (Å²) in [6.45, 7) is 0.338. The molecule has 0 unspecified atom stereocenters. The number of benzene rings is 3. The fraction of sp³-hybridized carbons (Fsp3) is 0.263. The molecule has 4 aromatic rings. The number of aliphatic hydroxyl groups is 1. The average molecular weight is 647 g/mol. The Kier molecular flexibility index (Phi) is 8.75. The number of carbonyl (C=O) groups is 2. The molecular formula is C38H34N2O8. The Balaban J connectivity index is 1.20. The Labute approximate surface area is 277 Å². The van der Waals surface area contributed by atoms with Gasteiger partial charge in [0.15, 0.2) is 0 Å². The number of para-hydroxylation sites is 1. The van der Waals surface area contributed by atoms with Crippen molar-refractivity contribution in [1.82, 2.24) is 0 Å². The maximum absolute atomic E-state index is 14.0. The Morgan fingerprint density at radius 3 is 2.46 bits per heavy atom. The molecule has 2 fully saturated rings. The molecule has 2 saturated heterocycles. The minimum atomic E-state index is -0.638. The van der Waals surface area contributed by atoms with E-state index < -0.39 is 16.8 Å². The highest BCUT2D eigenvalue weighted by atomic mass is 16.6. The van der Waals surface area contributed by atoms with Crippen LogP contribution in [0, 0.1) is 27.9 Å². The summed E-state index contributed by atoms with van der Waals surface area (Å²) in [5.41, 5.74) is 4.02. The van der Waals surface area contributed by atoms with Crippen molar-refractivity contribution >= 4 is 34.8 Å². The number of aliphatic hydroxyl groups excluding tert-OH is 1. The van der Waals surface area contributed by atoms with Gasteiger partial charge >= 0.3 is 0 Å². The highest BCUT2D eigenvalue weighted by Gasteiger charge is 2.57. The van der Waals surface area contributed by atoms with Gasteiger partial charge in [0, 0.05) is 18.1 Å². The normalized spacial score (nSPS) is 22.2. The summed E-state index contributed by atoms with van der Waals surface area (Å²) < 4.78 is 18.4. The van der Waals surface area contributed by atoms with Gasteiger partial charge in [0.2, 0.25) is 11.8 Å². The maximum atomic E-state index is 14.0. The van der Waals surface area contributed by atoms with Crippen LogP contribution in [0.1, 0.15) is 36.3 Å². The van der Waals surface area contributed by atoms with Gasteiger partial charge in [0.05, 0.1) is 35.2 Å². The summed E-state index contributed by atoms with van der Waals surface area (Å²) in [6.07, 6.45) is 3.24. The predicted molar refractivity (Wildman–Crippen MR) is 178 cm³/mol. The lowest BCUT2D eigenvalue weighted by Crippen LogP contribution is -2.35. The second-order valence-electron chi connectivity index (χ2n) is 12.3. The molecule has 1 aromatic heterocycles. The molecule has 0 spiro atoms. The number of nitro groups is 1. The van der Waals surface area contributed by atoms with Crippen LogP contribution >= 0.6 is 0 Å². The highest BCUT2D eigenvalue weighted by Crippen LogP contribution is 2.51. The second-order valence-corrected chi connectivity index (χ2v) is 12.3. The molecule has 0 bridgehead atoms. The van der Waals surface area contributed by atoms with Crippen LogP contribution in [-0.2, 0) is 20.9 Å². The van der Waals surface area contributed by atoms with Gasteiger partial charge in [-0.1, -0.05) is 54.6 Å². The van der Waals surface area contributed by atoms with E-state index >= 15 is 0 Å². The molecule has 3 heterocycles. The largest absolute Gasteiger partial charge is 0.489 e. The minimum absolute atomic E-state index is 0.185. The van der Waals surface area contributed by atoms with Crippen molar-refractivity contribution < 1.29 is 33.5 Å². The number of nitrogens with zero attached hydrogens (tertiary/aromatic N) is 2. The van der Waals surface area contributed by atoms with Crippen molar-refractivity contribution in [2.24, 2.45) is 17.8 Å². The van der Waals surface area contributed by atoms with Crippen LogP contribution in [0.25, 0.3) is 11.6 Å². The van der Waals surface area contributed by atoms with E-state index in [1.54, 1.807) is 12.1 Å². The average Bonchev–Trinajstić information content (AvgIpc) is 3.82. The van der Waals surface area contributed by atoms with E-state index in [9.17, 15) is 24.8 Å². The molecule has 0 radical (unpaired) electrons. The summed E-state index contributed by atoms with van der Waals surface area (Å²) in [7, 11) is 0. The van der Waals surface area contributed by atoms with Crippen LogP contribution in [0.5, 0.6) is 5.75 Å². The fourth-order valence-electron chi connectivity index (χ4n) is 7.26. The molecule has 2 aliphatic heterocycles. The van der Waals surface area contributed by atoms with Gasteiger partial charge in [0.1, 0.15) is 30.5 Å².